The molecule has 0 saturated carbocycles. The molecule has 2 N–H and O–H groups in total. The predicted molar refractivity (Wildman–Crippen MR) is 104 cm³/mol. The number of thiazole rings is 1. The van der Waals surface area contributed by atoms with Crippen LogP contribution < -0.4 is 5.32 Å². The van der Waals surface area contributed by atoms with Gasteiger partial charge in [-0.05, 0) is 42.3 Å². The minimum absolute atomic E-state index is 0.0505. The first-order valence-electron chi connectivity index (χ1n) is 8.52. The zero-order chi connectivity index (χ0) is 17.8. The van der Waals surface area contributed by atoms with Gasteiger partial charge < -0.3 is 5.32 Å². The Morgan fingerprint density at radius 1 is 1.08 bits per heavy atom. The van der Waals surface area contributed by atoms with Crippen LogP contribution in [0.3, 0.4) is 0 Å². The average Bonchev–Trinajstić information content (AvgIpc) is 3.34. The van der Waals surface area contributed by atoms with Crippen LogP contribution in [0.2, 0.25) is 0 Å². The standard InChI is InChI=1S/C20H18N4OS/c25-20(15-9-7-14(8-10-15)16-11-13-22-24-16)21-12-3-6-19-23-17-4-1-2-5-18(17)26-19/h1-2,4-5,7-11,13H,3,6,12H2,(H,21,25)(H,22,24). The minimum Gasteiger partial charge on any atom is -0.352 e. The van der Waals surface area contributed by atoms with Crippen molar-refractivity contribution < 1.29 is 4.79 Å². The number of hydrogen-bond donors (Lipinski definition) is 2. The Bertz CT molecular complexity index is 973. The van der Waals surface area contributed by atoms with E-state index in [0.29, 0.717) is 12.1 Å². The first-order chi connectivity index (χ1) is 12.8. The maximum Gasteiger partial charge on any atom is 0.251 e. The lowest BCUT2D eigenvalue weighted by atomic mass is 10.1. The molecule has 2 heterocycles. The lowest BCUT2D eigenvalue weighted by molar-refractivity contribution is 0.0953. The number of benzene rings is 2. The number of nitrogens with one attached hydrogen (secondary N) is 2. The van der Waals surface area contributed by atoms with Gasteiger partial charge in [0, 0.05) is 24.7 Å². The van der Waals surface area contributed by atoms with Gasteiger partial charge in [-0.15, -0.1) is 11.3 Å². The number of nitrogens with zero attached hydrogens (tertiary/aromatic N) is 2. The summed E-state index contributed by atoms with van der Waals surface area (Å²) < 4.78 is 1.21. The van der Waals surface area contributed by atoms with Gasteiger partial charge in [0.1, 0.15) is 0 Å². The third kappa shape index (κ3) is 3.65. The second-order valence-corrected chi connectivity index (χ2v) is 7.10. The van der Waals surface area contributed by atoms with E-state index in [-0.39, 0.29) is 5.91 Å². The molecule has 26 heavy (non-hydrogen) atoms. The highest BCUT2D eigenvalue weighted by molar-refractivity contribution is 7.18. The minimum atomic E-state index is -0.0505. The van der Waals surface area contributed by atoms with Crippen LogP contribution in [0, 0.1) is 0 Å². The number of H-pyrrole nitrogens is 1. The number of amides is 1. The smallest absolute Gasteiger partial charge is 0.251 e. The first-order valence-corrected chi connectivity index (χ1v) is 9.34. The summed E-state index contributed by atoms with van der Waals surface area (Å²) in [6, 6.07) is 17.6. The van der Waals surface area contributed by atoms with Crippen LogP contribution in [-0.2, 0) is 6.42 Å². The normalized spacial score (nSPS) is 10.9. The Morgan fingerprint density at radius 2 is 1.92 bits per heavy atom. The molecular formula is C20H18N4OS. The molecule has 2 aromatic heterocycles. The van der Waals surface area contributed by atoms with Crippen LogP contribution in [-0.4, -0.2) is 27.6 Å². The number of aryl methyl sites for hydroxylation is 1. The molecule has 2 aromatic carbocycles. The number of fused-ring (bicyclic) bond motifs is 1. The van der Waals surface area contributed by atoms with Crippen LogP contribution >= 0.6 is 11.3 Å². The molecule has 0 aliphatic heterocycles. The van der Waals surface area contributed by atoms with Gasteiger partial charge in [-0.3, -0.25) is 9.89 Å². The Balaban J connectivity index is 1.28. The predicted octanol–water partition coefficient (Wildman–Crippen LogP) is 4.05. The van der Waals surface area contributed by atoms with E-state index >= 15 is 0 Å². The van der Waals surface area contributed by atoms with Crippen molar-refractivity contribution in [3.63, 3.8) is 0 Å². The van der Waals surface area contributed by atoms with Gasteiger partial charge in [-0.1, -0.05) is 24.3 Å². The molecule has 5 nitrogen and oxygen atoms in total. The van der Waals surface area contributed by atoms with Crippen molar-refractivity contribution in [1.29, 1.82) is 0 Å². The van der Waals surface area contributed by atoms with E-state index in [9.17, 15) is 4.79 Å². The van der Waals surface area contributed by atoms with Crippen molar-refractivity contribution in [3.05, 3.63) is 71.4 Å². The summed E-state index contributed by atoms with van der Waals surface area (Å²) >= 11 is 1.72. The maximum absolute atomic E-state index is 12.3. The van der Waals surface area contributed by atoms with Gasteiger partial charge in [0.2, 0.25) is 0 Å². The summed E-state index contributed by atoms with van der Waals surface area (Å²) in [5, 5.41) is 10.9. The highest BCUT2D eigenvalue weighted by Crippen LogP contribution is 2.22. The molecular weight excluding hydrogens is 344 g/mol. The fraction of sp³-hybridized carbons (Fsp3) is 0.150. The lowest BCUT2D eigenvalue weighted by Crippen LogP contribution is -2.24. The number of rotatable bonds is 6. The highest BCUT2D eigenvalue weighted by Gasteiger charge is 2.07. The van der Waals surface area contributed by atoms with Crippen molar-refractivity contribution >= 4 is 27.5 Å². The number of hydrogen-bond acceptors (Lipinski definition) is 4. The Labute approximate surface area is 155 Å². The Kier molecular flexibility index (Phi) is 4.75. The molecule has 6 heteroatoms. The summed E-state index contributed by atoms with van der Waals surface area (Å²) in [7, 11) is 0. The molecule has 4 rings (SSSR count). The molecule has 1 amide bonds. The van der Waals surface area contributed by atoms with Gasteiger partial charge in [0.15, 0.2) is 0 Å². The van der Waals surface area contributed by atoms with Gasteiger partial charge >= 0.3 is 0 Å². The number of para-hydroxylation sites is 1. The fourth-order valence-electron chi connectivity index (χ4n) is 2.79. The summed E-state index contributed by atoms with van der Waals surface area (Å²) in [4.78, 5) is 16.9. The summed E-state index contributed by atoms with van der Waals surface area (Å²) in [6.07, 6.45) is 3.46. The van der Waals surface area contributed by atoms with Crippen LogP contribution in [0.25, 0.3) is 21.5 Å². The molecule has 0 fully saturated rings. The topological polar surface area (TPSA) is 70.7 Å². The maximum atomic E-state index is 12.3. The van der Waals surface area contributed by atoms with E-state index in [1.54, 1.807) is 17.5 Å². The molecule has 0 aliphatic rings. The second-order valence-electron chi connectivity index (χ2n) is 5.98. The molecule has 4 aromatic rings. The van der Waals surface area contributed by atoms with Crippen molar-refractivity contribution in [2.75, 3.05) is 6.54 Å². The van der Waals surface area contributed by atoms with E-state index in [2.05, 4.69) is 26.6 Å². The van der Waals surface area contributed by atoms with Crippen LogP contribution in [0.15, 0.2) is 60.8 Å². The van der Waals surface area contributed by atoms with E-state index < -0.39 is 0 Å². The van der Waals surface area contributed by atoms with E-state index in [4.69, 9.17) is 0 Å². The van der Waals surface area contributed by atoms with Gasteiger partial charge in [0.25, 0.3) is 5.91 Å². The zero-order valence-electron chi connectivity index (χ0n) is 14.1. The van der Waals surface area contributed by atoms with E-state index in [0.717, 1.165) is 34.6 Å². The third-order valence-corrected chi connectivity index (χ3v) is 5.25. The van der Waals surface area contributed by atoms with Crippen molar-refractivity contribution in [1.82, 2.24) is 20.5 Å². The molecule has 0 unspecified atom stereocenters. The zero-order valence-corrected chi connectivity index (χ0v) is 14.9. The number of carbonyl (C=O) groups excluding carboxylic acids is 1. The fourth-order valence-corrected chi connectivity index (χ4v) is 3.80. The quantitative estimate of drug-likeness (QED) is 0.508. The molecule has 0 radical (unpaired) electrons. The largest absolute Gasteiger partial charge is 0.352 e. The van der Waals surface area contributed by atoms with Crippen molar-refractivity contribution in [3.8, 4) is 11.3 Å². The Morgan fingerprint density at radius 3 is 2.69 bits per heavy atom. The molecule has 0 bridgehead atoms. The molecule has 0 aliphatic carbocycles. The van der Waals surface area contributed by atoms with Crippen LogP contribution in [0.5, 0.6) is 0 Å². The number of aromatic nitrogens is 3. The van der Waals surface area contributed by atoms with Crippen LogP contribution in [0.4, 0.5) is 0 Å². The van der Waals surface area contributed by atoms with Crippen molar-refractivity contribution in [2.45, 2.75) is 12.8 Å². The molecule has 0 saturated heterocycles. The van der Waals surface area contributed by atoms with Gasteiger partial charge in [-0.2, -0.15) is 5.10 Å². The summed E-state index contributed by atoms with van der Waals surface area (Å²) in [6.45, 7) is 0.636. The lowest BCUT2D eigenvalue weighted by Gasteiger charge is -2.05. The Hall–Kier alpha value is -2.99. The summed E-state index contributed by atoms with van der Waals surface area (Å²) in [5.41, 5.74) is 3.66. The van der Waals surface area contributed by atoms with E-state index in [1.807, 2.05) is 48.5 Å². The monoisotopic (exact) mass is 362 g/mol. The molecule has 130 valence electrons. The average molecular weight is 362 g/mol. The molecule has 0 spiro atoms. The number of carbonyl (C=O) groups is 1. The SMILES string of the molecule is O=C(NCCCc1nc2ccccc2s1)c1ccc(-c2ccn[nH]2)cc1. The molecule has 0 atom stereocenters. The van der Waals surface area contributed by atoms with E-state index in [1.165, 1.54) is 4.70 Å². The van der Waals surface area contributed by atoms with Crippen LogP contribution in [0.1, 0.15) is 21.8 Å². The summed E-state index contributed by atoms with van der Waals surface area (Å²) in [5.74, 6) is -0.0505. The van der Waals surface area contributed by atoms with Crippen molar-refractivity contribution in [2.24, 2.45) is 0 Å². The number of aromatic amines is 1. The van der Waals surface area contributed by atoms with Gasteiger partial charge in [-0.25, -0.2) is 4.98 Å². The van der Waals surface area contributed by atoms with Gasteiger partial charge in [0.05, 0.1) is 20.9 Å². The second kappa shape index (κ2) is 7.49. The highest BCUT2D eigenvalue weighted by atomic mass is 32.1. The first kappa shape index (κ1) is 16.5. The third-order valence-electron chi connectivity index (χ3n) is 4.15.